The van der Waals surface area contributed by atoms with Crippen molar-refractivity contribution in [2.75, 3.05) is 25.5 Å². The van der Waals surface area contributed by atoms with Crippen molar-refractivity contribution < 1.29 is 9.59 Å². The summed E-state index contributed by atoms with van der Waals surface area (Å²) in [7, 11) is 2.03. The van der Waals surface area contributed by atoms with Crippen molar-refractivity contribution in [2.45, 2.75) is 6.42 Å². The van der Waals surface area contributed by atoms with E-state index < -0.39 is 5.91 Å². The molecule has 2 heterocycles. The number of nitrogens with one attached hydrogen (secondary N) is 1. The molecule has 1 fully saturated rings. The van der Waals surface area contributed by atoms with Crippen LogP contribution in [-0.4, -0.2) is 46.6 Å². The van der Waals surface area contributed by atoms with Gasteiger partial charge < -0.3 is 16.0 Å². The van der Waals surface area contributed by atoms with Gasteiger partial charge in [-0.05, 0) is 50.3 Å². The minimum atomic E-state index is -0.499. The average Bonchev–Trinajstić information content (AvgIpc) is 3.28. The molecule has 27 heavy (non-hydrogen) atoms. The lowest BCUT2D eigenvalue weighted by Crippen LogP contribution is -2.25. The predicted molar refractivity (Wildman–Crippen MR) is 104 cm³/mol. The van der Waals surface area contributed by atoms with E-state index in [4.69, 9.17) is 5.73 Å². The summed E-state index contributed by atoms with van der Waals surface area (Å²) in [6, 6.07) is 12.8. The molecule has 2 aromatic carbocycles. The summed E-state index contributed by atoms with van der Waals surface area (Å²) in [5, 5.41) is 8.31. The molecule has 2 amide bonds. The maximum Gasteiger partial charge on any atom is 0.250 e. The molecule has 4 rings (SSSR count). The molecule has 1 saturated heterocycles. The normalized spacial score (nSPS) is 17.3. The monoisotopic (exact) mass is 363 g/mol. The van der Waals surface area contributed by atoms with Crippen molar-refractivity contribution in [3.63, 3.8) is 0 Å². The smallest absolute Gasteiger partial charge is 0.250 e. The van der Waals surface area contributed by atoms with Crippen molar-refractivity contribution >= 4 is 28.4 Å². The van der Waals surface area contributed by atoms with Crippen LogP contribution in [0.5, 0.6) is 0 Å². The van der Waals surface area contributed by atoms with E-state index in [2.05, 4.69) is 15.3 Å². The topological polar surface area (TPSA) is 93.3 Å². The van der Waals surface area contributed by atoms with E-state index in [1.54, 1.807) is 16.8 Å². The third kappa shape index (κ3) is 3.41. The van der Waals surface area contributed by atoms with Gasteiger partial charge in [-0.25, -0.2) is 4.68 Å². The Kier molecular flexibility index (Phi) is 4.37. The highest BCUT2D eigenvalue weighted by Crippen LogP contribution is 2.21. The zero-order valence-electron chi connectivity index (χ0n) is 15.1. The zero-order valence-corrected chi connectivity index (χ0v) is 15.1. The maximum absolute atomic E-state index is 12.3. The van der Waals surface area contributed by atoms with E-state index >= 15 is 0 Å². The third-order valence-electron chi connectivity index (χ3n) is 4.96. The van der Waals surface area contributed by atoms with Gasteiger partial charge in [-0.1, -0.05) is 12.1 Å². The molecule has 1 aliphatic rings. The third-order valence-corrected chi connectivity index (χ3v) is 4.96. The van der Waals surface area contributed by atoms with Crippen LogP contribution in [-0.2, 0) is 4.79 Å². The molecule has 0 aliphatic carbocycles. The van der Waals surface area contributed by atoms with Crippen molar-refractivity contribution in [3.8, 4) is 5.69 Å². The number of nitrogens with zero attached hydrogens (tertiary/aromatic N) is 3. The van der Waals surface area contributed by atoms with E-state index in [0.717, 1.165) is 36.3 Å². The molecule has 3 N–H and O–H groups in total. The lowest BCUT2D eigenvalue weighted by atomic mass is 10.1. The number of nitrogens with two attached hydrogens (primary N) is 1. The van der Waals surface area contributed by atoms with Crippen molar-refractivity contribution in [1.82, 2.24) is 14.7 Å². The fourth-order valence-corrected chi connectivity index (χ4v) is 3.47. The van der Waals surface area contributed by atoms with Crippen molar-refractivity contribution in [2.24, 2.45) is 11.7 Å². The minimum absolute atomic E-state index is 0.0401. The Balaban J connectivity index is 1.54. The Morgan fingerprint density at radius 2 is 1.96 bits per heavy atom. The predicted octanol–water partition coefficient (Wildman–Crippen LogP) is 2.01. The second kappa shape index (κ2) is 6.85. The van der Waals surface area contributed by atoms with Gasteiger partial charge in [0.2, 0.25) is 5.91 Å². The molecule has 0 unspecified atom stereocenters. The Bertz CT molecular complexity index is 1010. The number of aromatic nitrogens is 2. The second-order valence-corrected chi connectivity index (χ2v) is 6.97. The van der Waals surface area contributed by atoms with Crippen LogP contribution in [0.25, 0.3) is 16.6 Å². The van der Waals surface area contributed by atoms with Crippen LogP contribution >= 0.6 is 0 Å². The summed E-state index contributed by atoms with van der Waals surface area (Å²) in [5.74, 6) is -0.400. The largest absolute Gasteiger partial charge is 0.366 e. The summed E-state index contributed by atoms with van der Waals surface area (Å²) >= 11 is 0. The Labute approximate surface area is 156 Å². The number of hydrogen-bond acceptors (Lipinski definition) is 4. The van der Waals surface area contributed by atoms with Gasteiger partial charge in [0.1, 0.15) is 5.52 Å². The molecule has 0 saturated carbocycles. The first kappa shape index (κ1) is 17.2. The van der Waals surface area contributed by atoms with Gasteiger partial charge >= 0.3 is 0 Å². The number of anilines is 1. The van der Waals surface area contributed by atoms with Gasteiger partial charge in [0.25, 0.3) is 5.91 Å². The summed E-state index contributed by atoms with van der Waals surface area (Å²) < 4.78 is 1.70. The maximum atomic E-state index is 12.3. The first-order chi connectivity index (χ1) is 13.0. The Morgan fingerprint density at radius 3 is 2.63 bits per heavy atom. The zero-order chi connectivity index (χ0) is 19.0. The highest BCUT2D eigenvalue weighted by atomic mass is 16.2. The number of amides is 2. The van der Waals surface area contributed by atoms with Crippen LogP contribution in [0.3, 0.4) is 0 Å². The molecular formula is C20H21N5O2. The van der Waals surface area contributed by atoms with Gasteiger partial charge in [-0.15, -0.1) is 0 Å². The quantitative estimate of drug-likeness (QED) is 0.742. The summed E-state index contributed by atoms with van der Waals surface area (Å²) in [4.78, 5) is 26.1. The van der Waals surface area contributed by atoms with Gasteiger partial charge in [-0.3, -0.25) is 9.59 Å². The number of fused-ring (bicyclic) bond motifs is 1. The Morgan fingerprint density at radius 1 is 1.19 bits per heavy atom. The molecular weight excluding hydrogens is 342 g/mol. The second-order valence-electron chi connectivity index (χ2n) is 6.97. The molecule has 0 spiro atoms. The van der Waals surface area contributed by atoms with Gasteiger partial charge in [0.15, 0.2) is 0 Å². The fourth-order valence-electron chi connectivity index (χ4n) is 3.47. The average molecular weight is 363 g/mol. The van der Waals surface area contributed by atoms with E-state index in [-0.39, 0.29) is 11.8 Å². The van der Waals surface area contributed by atoms with Crippen LogP contribution in [0.1, 0.15) is 16.8 Å². The molecule has 0 radical (unpaired) electrons. The molecule has 1 aliphatic heterocycles. The van der Waals surface area contributed by atoms with E-state index in [1.807, 2.05) is 43.6 Å². The lowest BCUT2D eigenvalue weighted by Gasteiger charge is -2.11. The van der Waals surface area contributed by atoms with Crippen molar-refractivity contribution in [3.05, 3.63) is 54.2 Å². The molecule has 3 aromatic rings. The first-order valence-corrected chi connectivity index (χ1v) is 8.89. The lowest BCUT2D eigenvalue weighted by molar-refractivity contribution is -0.119. The van der Waals surface area contributed by atoms with Gasteiger partial charge in [0, 0.05) is 23.8 Å². The SMILES string of the molecule is CN1CC[C@H](C(=O)Nc2ccc(-n3cc4cccc(C(N)=O)c4n3)cc2)C1. The number of likely N-dealkylation sites (tertiary alicyclic amines) is 1. The standard InChI is InChI=1S/C20H21N5O2/c1-24-10-9-14(11-24)20(27)22-15-5-7-16(8-6-15)25-12-13-3-2-4-17(19(21)26)18(13)23-25/h2-8,12,14H,9-11H2,1H3,(H2,21,26)(H,22,27)/t14-/m0/s1. The highest BCUT2D eigenvalue weighted by Gasteiger charge is 2.26. The van der Waals surface area contributed by atoms with Crippen LogP contribution in [0.15, 0.2) is 48.7 Å². The number of hydrogen-bond donors (Lipinski definition) is 2. The fraction of sp³-hybridized carbons (Fsp3) is 0.250. The highest BCUT2D eigenvalue weighted by molar-refractivity contribution is 6.04. The van der Waals surface area contributed by atoms with Gasteiger partial charge in [0.05, 0.1) is 17.2 Å². The number of benzene rings is 2. The van der Waals surface area contributed by atoms with Crippen LogP contribution < -0.4 is 11.1 Å². The minimum Gasteiger partial charge on any atom is -0.366 e. The molecule has 1 atom stereocenters. The first-order valence-electron chi connectivity index (χ1n) is 8.89. The number of carbonyl (C=O) groups excluding carboxylic acids is 2. The number of carbonyl (C=O) groups is 2. The van der Waals surface area contributed by atoms with Crippen molar-refractivity contribution in [1.29, 1.82) is 0 Å². The molecule has 138 valence electrons. The van der Waals surface area contributed by atoms with Crippen LogP contribution in [0, 0.1) is 5.92 Å². The number of primary amides is 1. The van der Waals surface area contributed by atoms with E-state index in [0.29, 0.717) is 11.1 Å². The Hall–Kier alpha value is -3.19. The van der Waals surface area contributed by atoms with Crippen LogP contribution in [0.4, 0.5) is 5.69 Å². The van der Waals surface area contributed by atoms with E-state index in [9.17, 15) is 9.59 Å². The molecule has 0 bridgehead atoms. The molecule has 1 aromatic heterocycles. The summed E-state index contributed by atoms with van der Waals surface area (Å²) in [5.41, 5.74) is 7.99. The summed E-state index contributed by atoms with van der Waals surface area (Å²) in [6.45, 7) is 1.75. The van der Waals surface area contributed by atoms with Gasteiger partial charge in [-0.2, -0.15) is 5.10 Å². The van der Waals surface area contributed by atoms with Crippen LogP contribution in [0.2, 0.25) is 0 Å². The van der Waals surface area contributed by atoms with E-state index in [1.165, 1.54) is 0 Å². The summed E-state index contributed by atoms with van der Waals surface area (Å²) in [6.07, 6.45) is 2.74. The molecule has 7 nitrogen and oxygen atoms in total. The number of rotatable bonds is 4. The molecule has 7 heteroatoms.